The summed E-state index contributed by atoms with van der Waals surface area (Å²) in [6, 6.07) is 6.47. The number of thioether (sulfide) groups is 1. The molecular formula is C16H17N3O4S. The van der Waals surface area contributed by atoms with E-state index in [4.69, 9.17) is 4.52 Å². The minimum Gasteiger partial charge on any atom is -0.360 e. The van der Waals surface area contributed by atoms with Crippen LogP contribution in [0, 0.1) is 10.1 Å². The van der Waals surface area contributed by atoms with Gasteiger partial charge < -0.3 is 9.42 Å². The van der Waals surface area contributed by atoms with Crippen LogP contribution in [0.4, 0.5) is 11.4 Å². The molecule has 0 radical (unpaired) electrons. The molecule has 1 aliphatic heterocycles. The molecule has 24 heavy (non-hydrogen) atoms. The zero-order valence-corrected chi connectivity index (χ0v) is 14.0. The lowest BCUT2D eigenvalue weighted by Crippen LogP contribution is -2.35. The molecule has 0 fully saturated rings. The molecule has 0 N–H and O–H groups in total. The summed E-state index contributed by atoms with van der Waals surface area (Å²) in [5.74, 6) is 1.99. The van der Waals surface area contributed by atoms with Crippen molar-refractivity contribution in [2.75, 3.05) is 17.2 Å². The van der Waals surface area contributed by atoms with E-state index in [0.29, 0.717) is 42.2 Å². The first-order chi connectivity index (χ1) is 11.6. The molecule has 0 spiro atoms. The largest absolute Gasteiger partial charge is 0.360 e. The van der Waals surface area contributed by atoms with Crippen molar-refractivity contribution in [3.8, 4) is 0 Å². The highest BCUT2D eigenvalue weighted by atomic mass is 32.2. The van der Waals surface area contributed by atoms with Crippen LogP contribution in [0.5, 0.6) is 0 Å². The summed E-state index contributed by atoms with van der Waals surface area (Å²) in [5.41, 5.74) is 1.49. The number of fused-ring (bicyclic) bond motifs is 1. The summed E-state index contributed by atoms with van der Waals surface area (Å²) in [6.07, 6.45) is 1.27. The van der Waals surface area contributed by atoms with E-state index in [1.807, 2.05) is 6.92 Å². The number of nitrogens with zero attached hydrogens (tertiary/aromatic N) is 3. The minimum absolute atomic E-state index is 0.0604. The highest BCUT2D eigenvalue weighted by molar-refractivity contribution is 7.98. The quantitative estimate of drug-likeness (QED) is 0.608. The number of nitro groups is 1. The van der Waals surface area contributed by atoms with Crippen LogP contribution < -0.4 is 4.90 Å². The second-order valence-electron chi connectivity index (χ2n) is 5.41. The fourth-order valence-corrected chi connectivity index (χ4v) is 3.35. The third-order valence-corrected chi connectivity index (χ3v) is 4.79. The summed E-state index contributed by atoms with van der Waals surface area (Å²) >= 11 is 1.68. The predicted molar refractivity (Wildman–Crippen MR) is 91.4 cm³/mol. The molecule has 126 valence electrons. The maximum absolute atomic E-state index is 12.8. The van der Waals surface area contributed by atoms with E-state index >= 15 is 0 Å². The number of carbonyl (C=O) groups excluding carboxylic acids is 1. The monoisotopic (exact) mass is 347 g/mol. The summed E-state index contributed by atoms with van der Waals surface area (Å²) < 4.78 is 5.20. The van der Waals surface area contributed by atoms with Gasteiger partial charge in [0.15, 0.2) is 5.69 Å². The SMILES string of the molecule is CCSCc1cc(C(=O)N2CCCc3c2cccc3[N+](=O)[O-])no1. The number of benzene rings is 1. The highest BCUT2D eigenvalue weighted by Gasteiger charge is 2.30. The van der Waals surface area contributed by atoms with E-state index in [9.17, 15) is 14.9 Å². The molecule has 0 saturated carbocycles. The number of anilines is 1. The lowest BCUT2D eigenvalue weighted by molar-refractivity contribution is -0.385. The molecule has 1 amide bonds. The number of hydrogen-bond acceptors (Lipinski definition) is 6. The molecular weight excluding hydrogens is 330 g/mol. The van der Waals surface area contributed by atoms with Crippen LogP contribution in [0.2, 0.25) is 0 Å². The predicted octanol–water partition coefficient (Wildman–Crippen LogP) is 3.43. The van der Waals surface area contributed by atoms with Gasteiger partial charge in [0, 0.05) is 18.7 Å². The summed E-state index contributed by atoms with van der Waals surface area (Å²) in [4.78, 5) is 25.1. The zero-order chi connectivity index (χ0) is 17.1. The van der Waals surface area contributed by atoms with E-state index in [0.717, 1.165) is 5.75 Å². The van der Waals surface area contributed by atoms with Crippen molar-refractivity contribution in [2.24, 2.45) is 0 Å². The Hall–Kier alpha value is -2.35. The third kappa shape index (κ3) is 3.14. The average molecular weight is 347 g/mol. The van der Waals surface area contributed by atoms with E-state index in [1.54, 1.807) is 34.9 Å². The lowest BCUT2D eigenvalue weighted by Gasteiger charge is -2.28. The van der Waals surface area contributed by atoms with E-state index in [-0.39, 0.29) is 17.3 Å². The van der Waals surface area contributed by atoms with Gasteiger partial charge in [-0.3, -0.25) is 14.9 Å². The Labute approximate surface area is 143 Å². The fourth-order valence-electron chi connectivity index (χ4n) is 2.81. The molecule has 1 aromatic carbocycles. The average Bonchev–Trinajstić information content (AvgIpc) is 3.07. The molecule has 0 unspecified atom stereocenters. The van der Waals surface area contributed by atoms with Gasteiger partial charge >= 0.3 is 0 Å². The number of carbonyl (C=O) groups is 1. The number of rotatable bonds is 5. The molecule has 8 heteroatoms. The Bertz CT molecular complexity index is 774. The molecule has 3 rings (SSSR count). The Morgan fingerprint density at radius 3 is 3.08 bits per heavy atom. The minimum atomic E-state index is -0.400. The van der Waals surface area contributed by atoms with Gasteiger partial charge in [-0.2, -0.15) is 11.8 Å². The van der Waals surface area contributed by atoms with Gasteiger partial charge in [-0.1, -0.05) is 18.1 Å². The van der Waals surface area contributed by atoms with E-state index in [2.05, 4.69) is 5.16 Å². The van der Waals surface area contributed by atoms with Crippen LogP contribution in [0.15, 0.2) is 28.8 Å². The molecule has 7 nitrogen and oxygen atoms in total. The van der Waals surface area contributed by atoms with Crippen LogP contribution in [-0.4, -0.2) is 28.3 Å². The van der Waals surface area contributed by atoms with Crippen LogP contribution >= 0.6 is 11.8 Å². The standard InChI is InChI=1S/C16H17N3O4S/c1-2-24-10-11-9-13(17-23-11)16(20)18-8-4-5-12-14(18)6-3-7-15(12)19(21)22/h3,6-7,9H,2,4-5,8,10H2,1H3. The van der Waals surface area contributed by atoms with Crippen molar-refractivity contribution in [3.63, 3.8) is 0 Å². The molecule has 1 aromatic heterocycles. The molecule has 0 aliphatic carbocycles. The summed E-state index contributed by atoms with van der Waals surface area (Å²) in [6.45, 7) is 2.56. The van der Waals surface area contributed by atoms with Crippen molar-refractivity contribution in [1.82, 2.24) is 5.16 Å². The third-order valence-electron chi connectivity index (χ3n) is 3.89. The van der Waals surface area contributed by atoms with E-state index in [1.165, 1.54) is 6.07 Å². The van der Waals surface area contributed by atoms with Crippen LogP contribution in [0.25, 0.3) is 0 Å². The fraction of sp³-hybridized carbons (Fsp3) is 0.375. The first-order valence-electron chi connectivity index (χ1n) is 7.73. The van der Waals surface area contributed by atoms with Crippen LogP contribution in [-0.2, 0) is 12.2 Å². The lowest BCUT2D eigenvalue weighted by atomic mass is 9.99. The molecule has 2 aromatic rings. The van der Waals surface area contributed by atoms with Crippen molar-refractivity contribution < 1.29 is 14.2 Å². The number of aromatic nitrogens is 1. The number of nitro benzene ring substituents is 1. The van der Waals surface area contributed by atoms with Gasteiger partial charge in [-0.05, 0) is 24.7 Å². The number of hydrogen-bond donors (Lipinski definition) is 0. The Morgan fingerprint density at radius 2 is 2.33 bits per heavy atom. The van der Waals surface area contributed by atoms with Gasteiger partial charge in [0.1, 0.15) is 5.76 Å². The van der Waals surface area contributed by atoms with Crippen molar-refractivity contribution in [2.45, 2.75) is 25.5 Å². The van der Waals surface area contributed by atoms with Gasteiger partial charge in [-0.15, -0.1) is 0 Å². The van der Waals surface area contributed by atoms with Crippen molar-refractivity contribution >= 4 is 29.0 Å². The Balaban J connectivity index is 1.89. The molecule has 0 saturated heterocycles. The second-order valence-corrected chi connectivity index (χ2v) is 6.68. The first-order valence-corrected chi connectivity index (χ1v) is 8.88. The normalized spacial score (nSPS) is 13.6. The summed E-state index contributed by atoms with van der Waals surface area (Å²) in [5, 5.41) is 15.1. The maximum atomic E-state index is 12.8. The Morgan fingerprint density at radius 1 is 1.50 bits per heavy atom. The van der Waals surface area contributed by atoms with Crippen LogP contribution in [0.1, 0.15) is 35.2 Å². The van der Waals surface area contributed by atoms with E-state index < -0.39 is 4.92 Å². The zero-order valence-electron chi connectivity index (χ0n) is 13.2. The smallest absolute Gasteiger partial charge is 0.280 e. The van der Waals surface area contributed by atoms with Crippen LogP contribution in [0.3, 0.4) is 0 Å². The van der Waals surface area contributed by atoms with Crippen molar-refractivity contribution in [1.29, 1.82) is 0 Å². The summed E-state index contributed by atoms with van der Waals surface area (Å²) in [7, 11) is 0. The van der Waals surface area contributed by atoms with Gasteiger partial charge in [0.05, 0.1) is 21.9 Å². The molecule has 0 bridgehead atoms. The van der Waals surface area contributed by atoms with Gasteiger partial charge in [0.2, 0.25) is 0 Å². The topological polar surface area (TPSA) is 89.5 Å². The maximum Gasteiger partial charge on any atom is 0.280 e. The molecule has 1 aliphatic rings. The van der Waals surface area contributed by atoms with Gasteiger partial charge in [-0.25, -0.2) is 0 Å². The molecule has 2 heterocycles. The molecule has 0 atom stereocenters. The second kappa shape index (κ2) is 7.04. The Kier molecular flexibility index (Phi) is 4.84. The number of amides is 1. The van der Waals surface area contributed by atoms with Gasteiger partial charge in [0.25, 0.3) is 11.6 Å². The van der Waals surface area contributed by atoms with Crippen molar-refractivity contribution in [3.05, 3.63) is 51.4 Å². The highest BCUT2D eigenvalue weighted by Crippen LogP contribution is 2.34. The first kappa shape index (κ1) is 16.5.